The number of allylic oxidation sites excluding steroid dienone is 1. The first-order valence-corrected chi connectivity index (χ1v) is 23.4. The standard InChI is InChI=1S/C48H78O9/c1-5-6-7-8-9-10-11-12-13-14-15-19-26-43-44(57-48(3,4)56-43)32-31-42(55-46-28-21-23-34-51-46)41-30-29-39(53-41)24-17-16-18-25-40(54-45-27-20-22-33-50-45)36-38-35-37(2)52-47(38)49/h16,18,35,37,39-46H,5-15,19-23,25-34,36H2,1-4H3/b18-16+/t37-,39-,40+,41+,42+,43+,44+,45?,46?/m0/s1. The topological polar surface area (TPSA) is 90.9 Å². The molecular weight excluding hydrogens is 721 g/mol. The Kier molecular flexibility index (Phi) is 20.9. The molecule has 0 aromatic heterocycles. The van der Waals surface area contributed by atoms with E-state index in [1.54, 1.807) is 0 Å². The monoisotopic (exact) mass is 799 g/mol. The number of hydrogen-bond acceptors (Lipinski definition) is 9. The molecule has 0 radical (unpaired) electrons. The molecule has 0 aromatic rings. The molecule has 5 heterocycles. The van der Waals surface area contributed by atoms with Gasteiger partial charge < -0.3 is 37.9 Å². The maximum Gasteiger partial charge on any atom is 0.334 e. The minimum atomic E-state index is -0.568. The van der Waals surface area contributed by atoms with E-state index < -0.39 is 5.79 Å². The average Bonchev–Trinajstić information content (AvgIpc) is 3.89. The van der Waals surface area contributed by atoms with Crippen LogP contribution in [-0.2, 0) is 42.7 Å². The third-order valence-corrected chi connectivity index (χ3v) is 12.1. The molecule has 0 saturated carbocycles. The van der Waals surface area contributed by atoms with E-state index in [1.165, 1.54) is 77.0 Å². The Morgan fingerprint density at radius 1 is 0.807 bits per heavy atom. The third-order valence-electron chi connectivity index (χ3n) is 12.1. The average molecular weight is 799 g/mol. The van der Waals surface area contributed by atoms with E-state index >= 15 is 0 Å². The number of carbonyl (C=O) groups excluding carboxylic acids is 1. The summed E-state index contributed by atoms with van der Waals surface area (Å²) in [6.07, 6.45) is 32.9. The van der Waals surface area contributed by atoms with Gasteiger partial charge in [0.1, 0.15) is 12.2 Å². The molecule has 0 amide bonds. The largest absolute Gasteiger partial charge is 0.455 e. The number of cyclic esters (lactones) is 1. The summed E-state index contributed by atoms with van der Waals surface area (Å²) in [7, 11) is 0. The van der Waals surface area contributed by atoms with Crippen LogP contribution in [0, 0.1) is 11.8 Å². The van der Waals surface area contributed by atoms with Crippen LogP contribution in [-0.4, -0.2) is 80.3 Å². The van der Waals surface area contributed by atoms with Gasteiger partial charge in [-0.2, -0.15) is 0 Å². The van der Waals surface area contributed by atoms with Crippen LogP contribution in [0.25, 0.3) is 0 Å². The van der Waals surface area contributed by atoms with Crippen LogP contribution in [0.5, 0.6) is 0 Å². The van der Waals surface area contributed by atoms with Crippen molar-refractivity contribution in [3.8, 4) is 11.8 Å². The zero-order valence-electron chi connectivity index (χ0n) is 36.2. The highest BCUT2D eigenvalue weighted by molar-refractivity contribution is 5.90. The Bertz CT molecular complexity index is 1260. The number of esters is 1. The lowest BCUT2D eigenvalue weighted by Gasteiger charge is -2.31. The fourth-order valence-electron chi connectivity index (χ4n) is 8.98. The van der Waals surface area contributed by atoms with Gasteiger partial charge in [0.15, 0.2) is 18.4 Å². The predicted octanol–water partition coefficient (Wildman–Crippen LogP) is 11.0. The molecular formula is C48H78O9. The Balaban J connectivity index is 1.07. The molecule has 9 atom stereocenters. The van der Waals surface area contributed by atoms with E-state index in [9.17, 15) is 4.79 Å². The third kappa shape index (κ3) is 17.4. The summed E-state index contributed by atoms with van der Waals surface area (Å²) >= 11 is 0. The number of hydrogen-bond donors (Lipinski definition) is 0. The van der Waals surface area contributed by atoms with Crippen LogP contribution < -0.4 is 0 Å². The summed E-state index contributed by atoms with van der Waals surface area (Å²) < 4.78 is 49.8. The first-order chi connectivity index (χ1) is 27.8. The molecule has 324 valence electrons. The van der Waals surface area contributed by atoms with Crippen LogP contribution in [0.1, 0.15) is 188 Å². The second kappa shape index (κ2) is 25.8. The summed E-state index contributed by atoms with van der Waals surface area (Å²) in [4.78, 5) is 12.3. The van der Waals surface area contributed by atoms with E-state index in [1.807, 2.05) is 39.0 Å². The lowest BCUT2D eigenvalue weighted by Crippen LogP contribution is -2.37. The number of unbranched alkanes of at least 4 members (excludes halogenated alkanes) is 11. The highest BCUT2D eigenvalue weighted by atomic mass is 16.8. The van der Waals surface area contributed by atoms with E-state index in [0.29, 0.717) is 25.0 Å². The Morgan fingerprint density at radius 2 is 1.44 bits per heavy atom. The molecule has 9 nitrogen and oxygen atoms in total. The summed E-state index contributed by atoms with van der Waals surface area (Å²) in [5, 5.41) is 0. The minimum absolute atomic E-state index is 0.0426. The molecule has 0 bridgehead atoms. The van der Waals surface area contributed by atoms with Crippen LogP contribution in [0.3, 0.4) is 0 Å². The van der Waals surface area contributed by atoms with Gasteiger partial charge in [0.2, 0.25) is 0 Å². The first kappa shape index (κ1) is 46.3. The summed E-state index contributed by atoms with van der Waals surface area (Å²) in [6, 6.07) is 0. The number of carbonyl (C=O) groups is 1. The molecule has 5 aliphatic heterocycles. The van der Waals surface area contributed by atoms with Crippen LogP contribution in [0.2, 0.25) is 0 Å². The van der Waals surface area contributed by atoms with E-state index in [2.05, 4.69) is 18.8 Å². The Labute approximate surface area is 346 Å². The van der Waals surface area contributed by atoms with Crippen LogP contribution in [0.15, 0.2) is 23.8 Å². The van der Waals surface area contributed by atoms with Gasteiger partial charge in [0.05, 0.1) is 30.5 Å². The minimum Gasteiger partial charge on any atom is -0.455 e. The van der Waals surface area contributed by atoms with Gasteiger partial charge in [0, 0.05) is 25.2 Å². The number of ether oxygens (including phenoxy) is 8. The van der Waals surface area contributed by atoms with Crippen molar-refractivity contribution in [3.63, 3.8) is 0 Å². The van der Waals surface area contributed by atoms with Gasteiger partial charge in [-0.25, -0.2) is 4.79 Å². The van der Waals surface area contributed by atoms with Crippen molar-refractivity contribution in [2.45, 2.75) is 249 Å². The highest BCUT2D eigenvalue weighted by Gasteiger charge is 2.42. The summed E-state index contributed by atoms with van der Waals surface area (Å²) in [5.74, 6) is 5.75. The predicted molar refractivity (Wildman–Crippen MR) is 223 cm³/mol. The molecule has 2 unspecified atom stereocenters. The second-order valence-corrected chi connectivity index (χ2v) is 17.7. The second-order valence-electron chi connectivity index (χ2n) is 17.7. The Morgan fingerprint density at radius 3 is 2.05 bits per heavy atom. The molecule has 4 saturated heterocycles. The molecule has 0 N–H and O–H groups in total. The molecule has 0 aliphatic carbocycles. The summed E-state index contributed by atoms with van der Waals surface area (Å²) in [6.45, 7) is 9.72. The van der Waals surface area contributed by atoms with Gasteiger partial charge in [0.25, 0.3) is 0 Å². The zero-order valence-corrected chi connectivity index (χ0v) is 36.2. The van der Waals surface area contributed by atoms with E-state index in [-0.39, 0.29) is 61.3 Å². The maximum absolute atomic E-state index is 12.3. The molecule has 57 heavy (non-hydrogen) atoms. The van der Waals surface area contributed by atoms with Gasteiger partial charge in [-0.1, -0.05) is 102 Å². The molecule has 9 heteroatoms. The molecule has 5 rings (SSSR count). The van der Waals surface area contributed by atoms with E-state index in [0.717, 1.165) is 77.2 Å². The molecule has 0 aromatic carbocycles. The van der Waals surface area contributed by atoms with Gasteiger partial charge >= 0.3 is 5.97 Å². The maximum atomic E-state index is 12.3. The van der Waals surface area contributed by atoms with Gasteiger partial charge in [-0.15, -0.1) is 0 Å². The van der Waals surface area contributed by atoms with Crippen molar-refractivity contribution in [1.29, 1.82) is 0 Å². The van der Waals surface area contributed by atoms with E-state index in [4.69, 9.17) is 37.9 Å². The smallest absolute Gasteiger partial charge is 0.334 e. The van der Waals surface area contributed by atoms with Crippen molar-refractivity contribution in [3.05, 3.63) is 23.8 Å². The van der Waals surface area contributed by atoms with Crippen LogP contribution in [0.4, 0.5) is 0 Å². The molecule has 4 fully saturated rings. The lowest BCUT2D eigenvalue weighted by atomic mass is 9.97. The van der Waals surface area contributed by atoms with Crippen molar-refractivity contribution in [1.82, 2.24) is 0 Å². The van der Waals surface area contributed by atoms with Crippen molar-refractivity contribution >= 4 is 5.97 Å². The quantitative estimate of drug-likeness (QED) is 0.0508. The lowest BCUT2D eigenvalue weighted by molar-refractivity contribution is -0.212. The van der Waals surface area contributed by atoms with Gasteiger partial charge in [-0.05, 0) is 110 Å². The zero-order chi connectivity index (χ0) is 40.1. The first-order valence-electron chi connectivity index (χ1n) is 23.4. The molecule has 0 spiro atoms. The molecule has 5 aliphatic rings. The van der Waals surface area contributed by atoms with Crippen molar-refractivity contribution in [2.24, 2.45) is 0 Å². The Hall–Kier alpha value is -1.77. The summed E-state index contributed by atoms with van der Waals surface area (Å²) in [5.41, 5.74) is 0.675. The van der Waals surface area contributed by atoms with Crippen LogP contribution >= 0.6 is 0 Å². The van der Waals surface area contributed by atoms with Crippen molar-refractivity contribution in [2.75, 3.05) is 13.2 Å². The number of rotatable bonds is 25. The van der Waals surface area contributed by atoms with Crippen molar-refractivity contribution < 1.29 is 42.7 Å². The van der Waals surface area contributed by atoms with Gasteiger partial charge in [-0.3, -0.25) is 0 Å². The fourth-order valence-corrected chi connectivity index (χ4v) is 8.98. The SMILES string of the molecule is CCCCCCCCCCCCCC[C@H]1OC(C)(C)O[C@@H]1CC[C@@H](OC1CCCCO1)[C@H]1CC[C@H](C#C/C=C/C[C@H](CC2=C[C@H](C)OC2=O)OC2CCCCO2)O1. The highest BCUT2D eigenvalue weighted by Crippen LogP contribution is 2.36. The normalized spacial score (nSPS) is 29.9. The fraction of sp³-hybridized carbons (Fsp3) is 0.854.